The molecule has 0 aliphatic heterocycles. The molecule has 5 heteroatoms. The van der Waals surface area contributed by atoms with Crippen LogP contribution in [0.3, 0.4) is 0 Å². The van der Waals surface area contributed by atoms with Crippen molar-refractivity contribution in [2.75, 3.05) is 27.2 Å². The molecule has 1 heterocycles. The minimum Gasteiger partial charge on any atom is -0.387 e. The van der Waals surface area contributed by atoms with E-state index >= 15 is 0 Å². The molecule has 0 bridgehead atoms. The van der Waals surface area contributed by atoms with Crippen molar-refractivity contribution in [3.05, 3.63) is 22.4 Å². The van der Waals surface area contributed by atoms with E-state index in [1.165, 1.54) is 0 Å². The molecule has 0 aromatic carbocycles. The normalized spacial score (nSPS) is 12.4. The lowest BCUT2D eigenvalue weighted by Crippen LogP contribution is -2.28. The number of carbonyl (C=O) groups is 1. The third-order valence-corrected chi connectivity index (χ3v) is 2.98. The van der Waals surface area contributed by atoms with Crippen LogP contribution in [-0.2, 0) is 4.79 Å². The maximum Gasteiger partial charge on any atom is 0.223 e. The van der Waals surface area contributed by atoms with Crippen molar-refractivity contribution in [2.24, 2.45) is 0 Å². The lowest BCUT2D eigenvalue weighted by molar-refractivity contribution is -0.128. The number of nitrogens with zero attached hydrogens (tertiary/aromatic N) is 1. The fraction of sp³-hybridized carbons (Fsp3) is 0.545. The van der Waals surface area contributed by atoms with Gasteiger partial charge < -0.3 is 15.3 Å². The summed E-state index contributed by atoms with van der Waals surface area (Å²) in [6.45, 7) is 1.08. The zero-order chi connectivity index (χ0) is 12.0. The number of hydrogen-bond donors (Lipinski definition) is 2. The molecule has 4 nitrogen and oxygen atoms in total. The van der Waals surface area contributed by atoms with E-state index in [0.29, 0.717) is 19.5 Å². The molecule has 1 amide bonds. The molecule has 1 aromatic heterocycles. The SMILES string of the molecule is CN(C)C(=O)CCNCC(O)c1ccsc1. The number of thiophene rings is 1. The van der Waals surface area contributed by atoms with Crippen LogP contribution in [0.4, 0.5) is 0 Å². The van der Waals surface area contributed by atoms with Crippen molar-refractivity contribution in [3.8, 4) is 0 Å². The van der Waals surface area contributed by atoms with Crippen LogP contribution in [0, 0.1) is 0 Å². The molecule has 1 rings (SSSR count). The lowest BCUT2D eigenvalue weighted by Gasteiger charge is -2.12. The summed E-state index contributed by atoms with van der Waals surface area (Å²) in [6.07, 6.45) is -0.0238. The molecule has 0 saturated carbocycles. The average Bonchev–Trinajstić information content (AvgIpc) is 2.76. The van der Waals surface area contributed by atoms with E-state index in [1.807, 2.05) is 16.8 Å². The Kier molecular flexibility index (Phi) is 5.45. The van der Waals surface area contributed by atoms with Crippen LogP contribution in [0.25, 0.3) is 0 Å². The molecule has 0 aliphatic carbocycles. The molecule has 0 fully saturated rings. The number of nitrogens with one attached hydrogen (secondary N) is 1. The Labute approximate surface area is 99.9 Å². The Morgan fingerprint density at radius 1 is 1.62 bits per heavy atom. The first-order valence-electron chi connectivity index (χ1n) is 5.22. The number of aliphatic hydroxyl groups is 1. The molecule has 16 heavy (non-hydrogen) atoms. The van der Waals surface area contributed by atoms with Crippen LogP contribution in [0.2, 0.25) is 0 Å². The van der Waals surface area contributed by atoms with Crippen LogP contribution < -0.4 is 5.32 Å². The van der Waals surface area contributed by atoms with Crippen LogP contribution >= 0.6 is 11.3 Å². The first-order valence-corrected chi connectivity index (χ1v) is 6.16. The second-order valence-corrected chi connectivity index (χ2v) is 4.59. The van der Waals surface area contributed by atoms with Gasteiger partial charge in [-0.25, -0.2) is 0 Å². The highest BCUT2D eigenvalue weighted by Gasteiger charge is 2.08. The zero-order valence-corrected chi connectivity index (χ0v) is 10.5. The van der Waals surface area contributed by atoms with Gasteiger partial charge in [-0.15, -0.1) is 0 Å². The Morgan fingerprint density at radius 3 is 2.94 bits per heavy atom. The van der Waals surface area contributed by atoms with Crippen LogP contribution in [-0.4, -0.2) is 43.1 Å². The quantitative estimate of drug-likeness (QED) is 0.727. The van der Waals surface area contributed by atoms with Gasteiger partial charge in [-0.05, 0) is 22.4 Å². The molecule has 1 atom stereocenters. The summed E-state index contributed by atoms with van der Waals surface area (Å²) in [5.41, 5.74) is 0.927. The van der Waals surface area contributed by atoms with Gasteiger partial charge in [0.05, 0.1) is 6.10 Å². The van der Waals surface area contributed by atoms with Crippen molar-refractivity contribution in [2.45, 2.75) is 12.5 Å². The Bertz CT molecular complexity index is 312. The average molecular weight is 242 g/mol. The van der Waals surface area contributed by atoms with Crippen molar-refractivity contribution in [1.82, 2.24) is 10.2 Å². The number of aliphatic hydroxyl groups excluding tert-OH is 1. The van der Waals surface area contributed by atoms with Gasteiger partial charge in [0.15, 0.2) is 0 Å². The second kappa shape index (κ2) is 6.62. The Balaban J connectivity index is 2.14. The van der Waals surface area contributed by atoms with E-state index in [1.54, 1.807) is 30.3 Å². The molecule has 0 aliphatic rings. The van der Waals surface area contributed by atoms with Gasteiger partial charge in [-0.3, -0.25) is 4.79 Å². The zero-order valence-electron chi connectivity index (χ0n) is 9.64. The molecular formula is C11H18N2O2S. The van der Waals surface area contributed by atoms with E-state index in [2.05, 4.69) is 5.32 Å². The first-order chi connectivity index (χ1) is 7.61. The maximum atomic E-state index is 11.2. The van der Waals surface area contributed by atoms with Crippen LogP contribution in [0.1, 0.15) is 18.1 Å². The summed E-state index contributed by atoms with van der Waals surface area (Å²) in [6, 6.07) is 1.90. The summed E-state index contributed by atoms with van der Waals surface area (Å²) in [4.78, 5) is 12.8. The van der Waals surface area contributed by atoms with Crippen LogP contribution in [0.5, 0.6) is 0 Å². The predicted octanol–water partition coefficient (Wildman–Crippen LogP) is 0.849. The number of amides is 1. The van der Waals surface area contributed by atoms with Gasteiger partial charge in [-0.1, -0.05) is 0 Å². The standard InChI is InChI=1S/C11H18N2O2S/c1-13(2)11(15)3-5-12-7-10(14)9-4-6-16-8-9/h4,6,8,10,12,14H,3,5,7H2,1-2H3. The van der Waals surface area contributed by atoms with Gasteiger partial charge >= 0.3 is 0 Å². The molecule has 90 valence electrons. The molecule has 2 N–H and O–H groups in total. The summed E-state index contributed by atoms with van der Waals surface area (Å²) in [7, 11) is 3.48. The van der Waals surface area contributed by atoms with Crippen molar-refractivity contribution in [1.29, 1.82) is 0 Å². The number of rotatable bonds is 6. The third kappa shape index (κ3) is 4.30. The second-order valence-electron chi connectivity index (χ2n) is 3.81. The van der Waals surface area contributed by atoms with Gasteiger partial charge in [0.25, 0.3) is 0 Å². The topological polar surface area (TPSA) is 52.6 Å². The predicted molar refractivity (Wildman–Crippen MR) is 65.5 cm³/mol. The monoisotopic (exact) mass is 242 g/mol. The van der Waals surface area contributed by atoms with E-state index in [-0.39, 0.29) is 5.91 Å². The van der Waals surface area contributed by atoms with E-state index in [9.17, 15) is 9.90 Å². The van der Waals surface area contributed by atoms with Crippen LogP contribution in [0.15, 0.2) is 16.8 Å². The van der Waals surface area contributed by atoms with Crippen molar-refractivity contribution >= 4 is 17.2 Å². The van der Waals surface area contributed by atoms with E-state index in [4.69, 9.17) is 0 Å². The lowest BCUT2D eigenvalue weighted by atomic mass is 10.2. The molecule has 0 spiro atoms. The highest BCUT2D eigenvalue weighted by molar-refractivity contribution is 7.07. The molecule has 1 aromatic rings. The maximum absolute atomic E-state index is 11.2. The van der Waals surface area contributed by atoms with Gasteiger partial charge in [0, 0.05) is 33.6 Å². The number of hydrogen-bond acceptors (Lipinski definition) is 4. The van der Waals surface area contributed by atoms with E-state index in [0.717, 1.165) is 5.56 Å². The summed E-state index contributed by atoms with van der Waals surface area (Å²) >= 11 is 1.57. The fourth-order valence-electron chi connectivity index (χ4n) is 1.24. The third-order valence-electron chi connectivity index (χ3n) is 2.28. The Hall–Kier alpha value is -0.910. The fourth-order valence-corrected chi connectivity index (χ4v) is 1.95. The molecular weight excluding hydrogens is 224 g/mol. The largest absolute Gasteiger partial charge is 0.387 e. The number of carbonyl (C=O) groups excluding carboxylic acids is 1. The summed E-state index contributed by atoms with van der Waals surface area (Å²) < 4.78 is 0. The first kappa shape index (κ1) is 13.2. The minimum atomic E-state index is -0.485. The highest BCUT2D eigenvalue weighted by Crippen LogP contribution is 2.14. The molecule has 1 unspecified atom stereocenters. The Morgan fingerprint density at radius 2 is 2.38 bits per heavy atom. The van der Waals surface area contributed by atoms with Gasteiger partial charge in [0.1, 0.15) is 0 Å². The van der Waals surface area contributed by atoms with Gasteiger partial charge in [0.2, 0.25) is 5.91 Å². The summed E-state index contributed by atoms with van der Waals surface area (Å²) in [5.74, 6) is 0.0949. The van der Waals surface area contributed by atoms with Crippen molar-refractivity contribution in [3.63, 3.8) is 0 Å². The van der Waals surface area contributed by atoms with Crippen molar-refractivity contribution < 1.29 is 9.90 Å². The van der Waals surface area contributed by atoms with E-state index < -0.39 is 6.10 Å². The van der Waals surface area contributed by atoms with Gasteiger partial charge in [-0.2, -0.15) is 11.3 Å². The molecule has 0 radical (unpaired) electrons. The smallest absolute Gasteiger partial charge is 0.223 e. The molecule has 0 saturated heterocycles. The highest BCUT2D eigenvalue weighted by atomic mass is 32.1. The summed E-state index contributed by atoms with van der Waals surface area (Å²) in [5, 5.41) is 16.7. The minimum absolute atomic E-state index is 0.0949.